The van der Waals surface area contributed by atoms with Crippen LogP contribution in [0.1, 0.15) is 45.8 Å². The van der Waals surface area contributed by atoms with Gasteiger partial charge in [-0.3, -0.25) is 14.2 Å². The van der Waals surface area contributed by atoms with Crippen LogP contribution in [0.4, 0.5) is 5.69 Å². The number of hydrogen-bond acceptors (Lipinski definition) is 5. The maximum absolute atomic E-state index is 12.7. The molecule has 7 nitrogen and oxygen atoms in total. The van der Waals surface area contributed by atoms with Crippen LogP contribution < -0.4 is 5.32 Å². The number of carbonyl (C=O) groups excluding carboxylic acids is 1. The number of rotatable bonds is 6. The van der Waals surface area contributed by atoms with Gasteiger partial charge in [-0.15, -0.1) is 11.3 Å². The van der Waals surface area contributed by atoms with E-state index in [1.807, 2.05) is 25.5 Å². The molecule has 3 rings (SSSR count). The average molecular weight is 393 g/mol. The highest BCUT2D eigenvalue weighted by molar-refractivity contribution is 7.14. The van der Waals surface area contributed by atoms with E-state index in [9.17, 15) is 4.79 Å². The summed E-state index contributed by atoms with van der Waals surface area (Å²) in [5, 5.41) is 12.9. The molecule has 0 saturated carbocycles. The molecule has 0 spiro atoms. The SMILES string of the molecule is CCn1ncc(NC(=O)c2sc([C@H](C)Cn3cc(Cl)cn3)nc2C)c1C. The number of nitrogens with one attached hydrogen (secondary N) is 1. The highest BCUT2D eigenvalue weighted by Crippen LogP contribution is 2.27. The Hall–Kier alpha value is -2.19. The van der Waals surface area contributed by atoms with E-state index in [1.165, 1.54) is 11.3 Å². The van der Waals surface area contributed by atoms with Crippen molar-refractivity contribution in [2.75, 3.05) is 5.32 Å². The Bertz CT molecular complexity index is 928. The molecule has 3 aromatic rings. The minimum Gasteiger partial charge on any atom is -0.318 e. The van der Waals surface area contributed by atoms with Crippen molar-refractivity contribution < 1.29 is 4.79 Å². The molecule has 138 valence electrons. The summed E-state index contributed by atoms with van der Waals surface area (Å²) in [5.74, 6) is -0.0277. The molecule has 26 heavy (non-hydrogen) atoms. The van der Waals surface area contributed by atoms with E-state index >= 15 is 0 Å². The molecular weight excluding hydrogens is 372 g/mol. The van der Waals surface area contributed by atoms with Gasteiger partial charge in [0, 0.05) is 25.2 Å². The van der Waals surface area contributed by atoms with Crippen LogP contribution in [-0.4, -0.2) is 30.5 Å². The van der Waals surface area contributed by atoms with Crippen LogP contribution in [0.5, 0.6) is 0 Å². The molecule has 1 amide bonds. The summed E-state index contributed by atoms with van der Waals surface area (Å²) in [4.78, 5) is 17.9. The van der Waals surface area contributed by atoms with Crippen LogP contribution in [0.25, 0.3) is 0 Å². The van der Waals surface area contributed by atoms with Crippen molar-refractivity contribution in [1.82, 2.24) is 24.5 Å². The monoisotopic (exact) mass is 392 g/mol. The van der Waals surface area contributed by atoms with Crippen LogP contribution in [-0.2, 0) is 13.1 Å². The molecule has 3 aromatic heterocycles. The topological polar surface area (TPSA) is 77.6 Å². The fourth-order valence-electron chi connectivity index (χ4n) is 2.70. The van der Waals surface area contributed by atoms with Gasteiger partial charge >= 0.3 is 0 Å². The number of thiazole rings is 1. The number of halogens is 1. The van der Waals surface area contributed by atoms with E-state index in [0.717, 1.165) is 28.6 Å². The summed E-state index contributed by atoms with van der Waals surface area (Å²) in [6.07, 6.45) is 5.07. The Morgan fingerprint density at radius 2 is 2.12 bits per heavy atom. The molecule has 0 aliphatic rings. The molecule has 9 heteroatoms. The lowest BCUT2D eigenvalue weighted by Gasteiger charge is -2.07. The van der Waals surface area contributed by atoms with Crippen molar-refractivity contribution in [3.8, 4) is 0 Å². The number of anilines is 1. The van der Waals surface area contributed by atoms with Gasteiger partial charge in [-0.05, 0) is 20.8 Å². The molecule has 0 aliphatic carbocycles. The lowest BCUT2D eigenvalue weighted by molar-refractivity contribution is 0.102. The van der Waals surface area contributed by atoms with E-state index in [1.54, 1.807) is 23.3 Å². The smallest absolute Gasteiger partial charge is 0.267 e. The first-order valence-electron chi connectivity index (χ1n) is 8.38. The number of amides is 1. The molecule has 3 heterocycles. The summed E-state index contributed by atoms with van der Waals surface area (Å²) in [7, 11) is 0. The van der Waals surface area contributed by atoms with Gasteiger partial charge in [0.25, 0.3) is 5.91 Å². The third kappa shape index (κ3) is 3.81. The van der Waals surface area contributed by atoms with Gasteiger partial charge in [-0.1, -0.05) is 18.5 Å². The molecule has 0 unspecified atom stereocenters. The predicted octanol–water partition coefficient (Wildman–Crippen LogP) is 3.88. The molecule has 1 N–H and O–H groups in total. The van der Waals surface area contributed by atoms with Gasteiger partial charge < -0.3 is 5.32 Å². The lowest BCUT2D eigenvalue weighted by Crippen LogP contribution is -2.12. The third-order valence-electron chi connectivity index (χ3n) is 4.15. The van der Waals surface area contributed by atoms with Gasteiger partial charge in [-0.25, -0.2) is 4.98 Å². The van der Waals surface area contributed by atoms with Crippen molar-refractivity contribution in [2.45, 2.75) is 46.7 Å². The zero-order valence-electron chi connectivity index (χ0n) is 15.2. The Labute approximate surface area is 161 Å². The molecule has 0 aliphatic heterocycles. The van der Waals surface area contributed by atoms with Crippen LogP contribution in [0.3, 0.4) is 0 Å². The normalized spacial score (nSPS) is 12.3. The van der Waals surface area contributed by atoms with Crippen LogP contribution in [0.2, 0.25) is 5.02 Å². The first kappa shape index (κ1) is 18.6. The number of aryl methyl sites for hydroxylation is 2. The van der Waals surface area contributed by atoms with Crippen LogP contribution >= 0.6 is 22.9 Å². The standard InChI is InChI=1S/C17H21ClN6OS/c1-5-24-12(4)14(7-20-24)22-16(25)15-11(3)21-17(26-15)10(2)8-23-9-13(18)6-19-23/h6-7,9-10H,5,8H2,1-4H3,(H,22,25)/t10-/m1/s1. The Morgan fingerprint density at radius 1 is 1.35 bits per heavy atom. The van der Waals surface area contributed by atoms with Crippen LogP contribution in [0, 0.1) is 13.8 Å². The second-order valence-corrected chi connectivity index (χ2v) is 7.63. The first-order valence-corrected chi connectivity index (χ1v) is 9.57. The minimum atomic E-state index is -0.153. The largest absolute Gasteiger partial charge is 0.318 e. The highest BCUT2D eigenvalue weighted by Gasteiger charge is 2.20. The van der Waals surface area contributed by atoms with E-state index in [4.69, 9.17) is 11.6 Å². The summed E-state index contributed by atoms with van der Waals surface area (Å²) >= 11 is 7.32. The summed E-state index contributed by atoms with van der Waals surface area (Å²) in [6, 6.07) is 0. The third-order valence-corrected chi connectivity index (χ3v) is 5.74. The molecule has 0 fully saturated rings. The van der Waals surface area contributed by atoms with E-state index in [0.29, 0.717) is 16.4 Å². The van der Waals surface area contributed by atoms with Crippen LogP contribution in [0.15, 0.2) is 18.6 Å². The van der Waals surface area contributed by atoms with Gasteiger partial charge in [0.2, 0.25) is 0 Å². The molecule has 0 aromatic carbocycles. The fraction of sp³-hybridized carbons (Fsp3) is 0.412. The van der Waals surface area contributed by atoms with Crippen molar-refractivity contribution in [1.29, 1.82) is 0 Å². The molecule has 1 atom stereocenters. The molecule has 0 radical (unpaired) electrons. The van der Waals surface area contributed by atoms with Gasteiger partial charge in [0.1, 0.15) is 4.88 Å². The van der Waals surface area contributed by atoms with E-state index in [-0.39, 0.29) is 11.8 Å². The second-order valence-electron chi connectivity index (χ2n) is 6.16. The Kier molecular flexibility index (Phi) is 5.43. The van der Waals surface area contributed by atoms with Gasteiger partial charge in [-0.2, -0.15) is 10.2 Å². The average Bonchev–Trinajstić information content (AvgIpc) is 3.28. The molecular formula is C17H21ClN6OS. The van der Waals surface area contributed by atoms with E-state index in [2.05, 4.69) is 27.4 Å². The maximum Gasteiger partial charge on any atom is 0.267 e. The fourth-order valence-corrected chi connectivity index (χ4v) is 3.86. The Balaban J connectivity index is 1.74. The minimum absolute atomic E-state index is 0.126. The number of aromatic nitrogens is 5. The van der Waals surface area contributed by atoms with Crippen molar-refractivity contribution in [3.05, 3.63) is 44.9 Å². The molecule has 0 saturated heterocycles. The second kappa shape index (κ2) is 7.59. The summed E-state index contributed by atoms with van der Waals surface area (Å²) < 4.78 is 3.63. The van der Waals surface area contributed by atoms with E-state index < -0.39 is 0 Å². The summed E-state index contributed by atoms with van der Waals surface area (Å²) in [5.41, 5.74) is 2.39. The zero-order chi connectivity index (χ0) is 18.8. The van der Waals surface area contributed by atoms with Gasteiger partial charge in [0.05, 0.1) is 39.5 Å². The highest BCUT2D eigenvalue weighted by atomic mass is 35.5. The number of nitrogens with zero attached hydrogens (tertiary/aromatic N) is 5. The zero-order valence-corrected chi connectivity index (χ0v) is 16.7. The first-order chi connectivity index (χ1) is 12.4. The number of carbonyl (C=O) groups is 1. The molecule has 0 bridgehead atoms. The van der Waals surface area contributed by atoms with Crippen molar-refractivity contribution in [2.24, 2.45) is 0 Å². The lowest BCUT2D eigenvalue weighted by atomic mass is 10.2. The predicted molar refractivity (Wildman–Crippen MR) is 103 cm³/mol. The van der Waals surface area contributed by atoms with Crippen molar-refractivity contribution >= 4 is 34.5 Å². The number of hydrogen-bond donors (Lipinski definition) is 1. The maximum atomic E-state index is 12.7. The quantitative estimate of drug-likeness (QED) is 0.690. The van der Waals surface area contributed by atoms with Gasteiger partial charge in [0.15, 0.2) is 0 Å². The Morgan fingerprint density at radius 3 is 2.73 bits per heavy atom. The summed E-state index contributed by atoms with van der Waals surface area (Å²) in [6.45, 7) is 9.29. The van der Waals surface area contributed by atoms with Crippen molar-refractivity contribution in [3.63, 3.8) is 0 Å².